The fourth-order valence-electron chi connectivity index (χ4n) is 1.47. The van der Waals surface area contributed by atoms with Gasteiger partial charge in [0.1, 0.15) is 11.6 Å². The first-order chi connectivity index (χ1) is 7.22. The van der Waals surface area contributed by atoms with Crippen LogP contribution in [0, 0.1) is 0 Å². The molecular formula is C10H18ClN3O. The molecule has 1 unspecified atom stereocenters. The number of hydrogen-bond donors (Lipinski definition) is 0. The maximum atomic E-state index is 5.77. The average Bonchev–Trinajstić information content (AvgIpc) is 2.67. The smallest absolute Gasteiger partial charge is 0.147 e. The molecule has 0 amide bonds. The minimum absolute atomic E-state index is 0.256. The van der Waals surface area contributed by atoms with Gasteiger partial charge in [0.15, 0.2) is 0 Å². The summed E-state index contributed by atoms with van der Waals surface area (Å²) in [6.07, 6.45) is 2.09. The number of nitrogens with zero attached hydrogens (tertiary/aromatic N) is 3. The van der Waals surface area contributed by atoms with E-state index in [0.29, 0.717) is 5.88 Å². The Morgan fingerprint density at radius 2 is 2.07 bits per heavy atom. The number of ether oxygens (including phenoxy) is 1. The molecule has 4 nitrogen and oxygen atoms in total. The van der Waals surface area contributed by atoms with Crippen molar-refractivity contribution in [2.75, 3.05) is 7.11 Å². The van der Waals surface area contributed by atoms with Crippen LogP contribution >= 0.6 is 11.6 Å². The molecule has 0 aliphatic heterocycles. The Morgan fingerprint density at radius 3 is 2.60 bits per heavy atom. The third-order valence-corrected chi connectivity index (χ3v) is 2.76. The first-order valence-electron chi connectivity index (χ1n) is 5.22. The second-order valence-corrected chi connectivity index (χ2v) is 3.76. The van der Waals surface area contributed by atoms with Crippen LogP contribution in [-0.4, -0.2) is 28.0 Å². The molecule has 0 N–H and O–H groups in total. The van der Waals surface area contributed by atoms with Crippen molar-refractivity contribution in [1.29, 1.82) is 0 Å². The van der Waals surface area contributed by atoms with Crippen molar-refractivity contribution in [1.82, 2.24) is 14.8 Å². The summed E-state index contributed by atoms with van der Waals surface area (Å²) in [6, 6.07) is 0. The van der Waals surface area contributed by atoms with Gasteiger partial charge < -0.3 is 9.30 Å². The number of rotatable bonds is 6. The molecule has 15 heavy (non-hydrogen) atoms. The zero-order valence-electron chi connectivity index (χ0n) is 9.53. The summed E-state index contributed by atoms with van der Waals surface area (Å²) in [5.74, 6) is 2.26. The molecule has 0 saturated carbocycles. The average molecular weight is 232 g/mol. The molecule has 0 aliphatic carbocycles. The first-order valence-corrected chi connectivity index (χ1v) is 5.76. The monoisotopic (exact) mass is 231 g/mol. The molecule has 1 atom stereocenters. The molecule has 0 spiro atoms. The van der Waals surface area contributed by atoms with Gasteiger partial charge >= 0.3 is 0 Å². The van der Waals surface area contributed by atoms with Gasteiger partial charge in [0.2, 0.25) is 0 Å². The number of alkyl halides is 1. The zero-order valence-corrected chi connectivity index (χ0v) is 10.3. The first kappa shape index (κ1) is 12.5. The Bertz CT molecular complexity index is 301. The van der Waals surface area contributed by atoms with Crippen LogP contribution in [0.3, 0.4) is 0 Å². The summed E-state index contributed by atoms with van der Waals surface area (Å²) in [6.45, 7) is 4.99. The predicted octanol–water partition coefficient (Wildman–Crippen LogP) is 2.00. The van der Waals surface area contributed by atoms with Gasteiger partial charge in [-0.05, 0) is 20.3 Å². The highest BCUT2D eigenvalue weighted by atomic mass is 35.5. The maximum absolute atomic E-state index is 5.77. The normalized spacial score (nSPS) is 13.1. The predicted molar refractivity (Wildman–Crippen MR) is 60.0 cm³/mol. The van der Waals surface area contributed by atoms with E-state index >= 15 is 0 Å². The van der Waals surface area contributed by atoms with Crippen LogP contribution in [0.5, 0.6) is 0 Å². The number of halogens is 1. The largest absolute Gasteiger partial charge is 0.382 e. The van der Waals surface area contributed by atoms with Crippen molar-refractivity contribution in [2.45, 2.75) is 45.2 Å². The van der Waals surface area contributed by atoms with Crippen molar-refractivity contribution < 1.29 is 4.74 Å². The highest BCUT2D eigenvalue weighted by Gasteiger charge is 2.10. The molecule has 5 heteroatoms. The van der Waals surface area contributed by atoms with Gasteiger partial charge in [-0.25, -0.2) is 0 Å². The Hall–Kier alpha value is -0.610. The number of aromatic nitrogens is 3. The fourth-order valence-corrected chi connectivity index (χ4v) is 1.67. The summed E-state index contributed by atoms with van der Waals surface area (Å²) >= 11 is 5.77. The fraction of sp³-hybridized carbons (Fsp3) is 0.800. The van der Waals surface area contributed by atoms with E-state index in [4.69, 9.17) is 16.3 Å². The molecule has 0 saturated heterocycles. The van der Waals surface area contributed by atoms with Crippen molar-refractivity contribution in [3.63, 3.8) is 0 Å². The maximum Gasteiger partial charge on any atom is 0.147 e. The van der Waals surface area contributed by atoms with Crippen molar-refractivity contribution in [3.05, 3.63) is 11.6 Å². The molecule has 0 aliphatic rings. The minimum atomic E-state index is 0.256. The summed E-state index contributed by atoms with van der Waals surface area (Å²) in [5.41, 5.74) is 0. The van der Waals surface area contributed by atoms with E-state index in [9.17, 15) is 0 Å². The molecule has 0 radical (unpaired) electrons. The van der Waals surface area contributed by atoms with E-state index in [0.717, 1.165) is 31.0 Å². The highest BCUT2D eigenvalue weighted by Crippen LogP contribution is 2.09. The Balaban J connectivity index is 2.64. The molecule has 1 aromatic heterocycles. The summed E-state index contributed by atoms with van der Waals surface area (Å²) in [7, 11) is 1.72. The standard InChI is InChI=1S/C10H18ClN3O/c1-4-14-9(6-5-8(2)15-3)12-13-10(14)7-11/h8H,4-7H2,1-3H3. The van der Waals surface area contributed by atoms with Gasteiger partial charge in [0, 0.05) is 20.1 Å². The van der Waals surface area contributed by atoms with Gasteiger partial charge in [-0.15, -0.1) is 21.8 Å². The van der Waals surface area contributed by atoms with Crippen molar-refractivity contribution in [3.8, 4) is 0 Å². The minimum Gasteiger partial charge on any atom is -0.382 e. The van der Waals surface area contributed by atoms with Gasteiger partial charge in [-0.2, -0.15) is 0 Å². The van der Waals surface area contributed by atoms with Crippen LogP contribution in [0.2, 0.25) is 0 Å². The second-order valence-electron chi connectivity index (χ2n) is 3.50. The van der Waals surface area contributed by atoms with Crippen molar-refractivity contribution in [2.24, 2.45) is 0 Å². The van der Waals surface area contributed by atoms with E-state index < -0.39 is 0 Å². The quantitative estimate of drug-likeness (QED) is 0.704. The molecule has 0 aromatic carbocycles. The van der Waals surface area contributed by atoms with E-state index in [1.165, 1.54) is 0 Å². The number of hydrogen-bond acceptors (Lipinski definition) is 3. The van der Waals surface area contributed by atoms with E-state index in [1.54, 1.807) is 7.11 Å². The van der Waals surface area contributed by atoms with Crippen molar-refractivity contribution >= 4 is 11.6 Å². The van der Waals surface area contributed by atoms with E-state index in [2.05, 4.69) is 28.6 Å². The topological polar surface area (TPSA) is 39.9 Å². The lowest BCUT2D eigenvalue weighted by atomic mass is 10.2. The molecule has 86 valence electrons. The highest BCUT2D eigenvalue weighted by molar-refractivity contribution is 6.16. The van der Waals surface area contributed by atoms with Gasteiger partial charge in [-0.3, -0.25) is 0 Å². The zero-order chi connectivity index (χ0) is 11.3. The second kappa shape index (κ2) is 6.08. The third kappa shape index (κ3) is 3.18. The Kier molecular flexibility index (Phi) is 5.05. The van der Waals surface area contributed by atoms with Gasteiger partial charge in [-0.1, -0.05) is 0 Å². The SMILES string of the molecule is CCn1c(CCl)nnc1CCC(C)OC. The van der Waals surface area contributed by atoms with Gasteiger partial charge in [0.25, 0.3) is 0 Å². The van der Waals surface area contributed by atoms with Crippen LogP contribution in [0.1, 0.15) is 31.9 Å². The summed E-state index contributed by atoms with van der Waals surface area (Å²) in [4.78, 5) is 0. The Morgan fingerprint density at radius 1 is 1.40 bits per heavy atom. The van der Waals surface area contributed by atoms with Crippen LogP contribution < -0.4 is 0 Å². The molecule has 0 fully saturated rings. The lowest BCUT2D eigenvalue weighted by molar-refractivity contribution is 0.110. The number of methoxy groups -OCH3 is 1. The van der Waals surface area contributed by atoms with Crippen LogP contribution in [0.25, 0.3) is 0 Å². The molecule has 1 heterocycles. The van der Waals surface area contributed by atoms with Crippen LogP contribution in [0.15, 0.2) is 0 Å². The Labute approximate surface area is 95.6 Å². The molecule has 1 rings (SSSR count). The number of aryl methyl sites for hydroxylation is 1. The van der Waals surface area contributed by atoms with E-state index in [1.807, 2.05) is 0 Å². The lowest BCUT2D eigenvalue weighted by Gasteiger charge is -2.09. The van der Waals surface area contributed by atoms with Crippen LogP contribution in [-0.2, 0) is 23.6 Å². The summed E-state index contributed by atoms with van der Waals surface area (Å²) < 4.78 is 7.26. The molecule has 1 aromatic rings. The molecular weight excluding hydrogens is 214 g/mol. The van der Waals surface area contributed by atoms with E-state index in [-0.39, 0.29) is 6.10 Å². The third-order valence-electron chi connectivity index (χ3n) is 2.52. The lowest BCUT2D eigenvalue weighted by Crippen LogP contribution is -2.10. The van der Waals surface area contributed by atoms with Crippen LogP contribution in [0.4, 0.5) is 0 Å². The van der Waals surface area contributed by atoms with Gasteiger partial charge in [0.05, 0.1) is 12.0 Å². The molecule has 0 bridgehead atoms. The summed E-state index contributed by atoms with van der Waals surface area (Å²) in [5, 5.41) is 8.19.